The van der Waals surface area contributed by atoms with Crippen LogP contribution >= 0.6 is 0 Å². The molecule has 0 radical (unpaired) electrons. The molecule has 1 aromatic heterocycles. The molecule has 0 unspecified atom stereocenters. The van der Waals surface area contributed by atoms with E-state index in [4.69, 9.17) is 20.4 Å². The molecule has 1 heterocycles. The van der Waals surface area contributed by atoms with Crippen molar-refractivity contribution in [3.63, 3.8) is 0 Å². The fourth-order valence-electron chi connectivity index (χ4n) is 0.901. The minimum absolute atomic E-state index is 0.336. The van der Waals surface area contributed by atoms with Crippen molar-refractivity contribution in [1.29, 1.82) is 0 Å². The van der Waals surface area contributed by atoms with Gasteiger partial charge in [-0.3, -0.25) is 0 Å². The Morgan fingerprint density at radius 2 is 1.88 bits per heavy atom. The zero-order valence-electron chi connectivity index (χ0n) is 9.16. The van der Waals surface area contributed by atoms with Crippen LogP contribution in [0.25, 0.3) is 0 Å². The molecular formula is C10H14O7. The lowest BCUT2D eigenvalue weighted by molar-refractivity contribution is -0.0453. The third-order valence-electron chi connectivity index (χ3n) is 1.64. The normalized spacial score (nSPS) is 9.65. The van der Waals surface area contributed by atoms with E-state index in [-0.39, 0.29) is 5.56 Å². The highest BCUT2D eigenvalue weighted by molar-refractivity contribution is 5.99. The molecule has 96 valence electrons. The summed E-state index contributed by atoms with van der Waals surface area (Å²) >= 11 is 0. The maximum absolute atomic E-state index is 10.3. The lowest BCUT2D eigenvalue weighted by Gasteiger charge is -1.94. The van der Waals surface area contributed by atoms with E-state index >= 15 is 0 Å². The van der Waals surface area contributed by atoms with Crippen LogP contribution in [0.5, 0.6) is 0 Å². The largest absolute Gasteiger partial charge is 0.478 e. The van der Waals surface area contributed by atoms with Gasteiger partial charge in [0.2, 0.25) is 5.76 Å². The van der Waals surface area contributed by atoms with E-state index in [9.17, 15) is 9.59 Å². The number of carboxylic acids is 2. The first-order chi connectivity index (χ1) is 7.90. The molecule has 4 N–H and O–H groups in total. The number of aliphatic hydroxyl groups excluding tert-OH is 1. The van der Waals surface area contributed by atoms with E-state index in [0.29, 0.717) is 6.42 Å². The third-order valence-corrected chi connectivity index (χ3v) is 1.64. The Morgan fingerprint density at radius 1 is 1.29 bits per heavy atom. The van der Waals surface area contributed by atoms with E-state index in [2.05, 4.69) is 4.42 Å². The summed E-state index contributed by atoms with van der Waals surface area (Å²) in [5.41, 5.74) is -0.336. The molecule has 0 saturated heterocycles. The van der Waals surface area contributed by atoms with E-state index < -0.39 is 24.0 Å². The van der Waals surface area contributed by atoms with E-state index in [0.717, 1.165) is 18.8 Å². The molecule has 0 aromatic carbocycles. The Kier molecular flexibility index (Phi) is 6.61. The molecule has 0 spiro atoms. The van der Waals surface area contributed by atoms with Crippen molar-refractivity contribution in [3.8, 4) is 0 Å². The first-order valence-corrected chi connectivity index (χ1v) is 4.80. The Morgan fingerprint density at radius 3 is 2.12 bits per heavy atom. The molecule has 0 amide bonds. The summed E-state index contributed by atoms with van der Waals surface area (Å²) in [4.78, 5) is 20.5. The van der Waals surface area contributed by atoms with Gasteiger partial charge in [-0.2, -0.15) is 0 Å². The van der Waals surface area contributed by atoms with Crippen molar-refractivity contribution in [2.24, 2.45) is 0 Å². The Balaban J connectivity index is 0.000000366. The van der Waals surface area contributed by atoms with Gasteiger partial charge < -0.3 is 24.8 Å². The summed E-state index contributed by atoms with van der Waals surface area (Å²) in [6.45, 7) is 1.90. The van der Waals surface area contributed by atoms with Gasteiger partial charge in [0.25, 0.3) is 0 Å². The van der Waals surface area contributed by atoms with Crippen LogP contribution in [-0.4, -0.2) is 38.7 Å². The SMILES string of the molecule is CCCC(O)O.O=C(O)c1ccoc1C(=O)O. The van der Waals surface area contributed by atoms with Gasteiger partial charge in [-0.1, -0.05) is 13.3 Å². The van der Waals surface area contributed by atoms with Gasteiger partial charge in [-0.25, -0.2) is 9.59 Å². The third kappa shape index (κ3) is 5.69. The van der Waals surface area contributed by atoms with Gasteiger partial charge in [0.1, 0.15) is 5.56 Å². The van der Waals surface area contributed by atoms with Crippen LogP contribution in [0.4, 0.5) is 0 Å². The Bertz CT molecular complexity index is 338. The Labute approximate surface area is 96.9 Å². The smallest absolute Gasteiger partial charge is 0.372 e. The number of rotatable bonds is 4. The van der Waals surface area contributed by atoms with Crippen LogP contribution in [0, 0.1) is 0 Å². The number of carboxylic acid groups (broad SMARTS) is 2. The number of hydrogen-bond acceptors (Lipinski definition) is 5. The van der Waals surface area contributed by atoms with Gasteiger partial charge in [0.15, 0.2) is 6.29 Å². The lowest BCUT2D eigenvalue weighted by Crippen LogP contribution is -2.03. The zero-order valence-corrected chi connectivity index (χ0v) is 9.16. The first kappa shape index (κ1) is 15.1. The summed E-state index contributed by atoms with van der Waals surface area (Å²) in [7, 11) is 0. The molecule has 0 fully saturated rings. The van der Waals surface area contributed by atoms with E-state index in [1.807, 2.05) is 6.92 Å². The van der Waals surface area contributed by atoms with Gasteiger partial charge in [0.05, 0.1) is 6.26 Å². The maximum Gasteiger partial charge on any atom is 0.372 e. The fraction of sp³-hybridized carbons (Fsp3) is 0.400. The fourth-order valence-corrected chi connectivity index (χ4v) is 0.901. The highest BCUT2D eigenvalue weighted by Gasteiger charge is 2.18. The quantitative estimate of drug-likeness (QED) is 0.577. The minimum atomic E-state index is -1.38. The highest BCUT2D eigenvalue weighted by Crippen LogP contribution is 2.09. The number of hydrogen-bond donors (Lipinski definition) is 4. The van der Waals surface area contributed by atoms with E-state index in [1.54, 1.807) is 0 Å². The summed E-state index contributed by atoms with van der Waals surface area (Å²) in [6.07, 6.45) is 1.24. The average molecular weight is 246 g/mol. The number of aliphatic hydroxyl groups is 2. The van der Waals surface area contributed by atoms with Crippen LogP contribution in [0.2, 0.25) is 0 Å². The predicted molar refractivity (Wildman–Crippen MR) is 55.8 cm³/mol. The summed E-state index contributed by atoms with van der Waals surface area (Å²) in [5, 5.41) is 32.9. The molecular weight excluding hydrogens is 232 g/mol. The molecule has 0 bridgehead atoms. The van der Waals surface area contributed by atoms with Crippen molar-refractivity contribution in [2.75, 3.05) is 0 Å². The molecule has 17 heavy (non-hydrogen) atoms. The lowest BCUT2D eigenvalue weighted by atomic mass is 10.2. The van der Waals surface area contributed by atoms with Crippen LogP contribution in [-0.2, 0) is 0 Å². The molecule has 7 nitrogen and oxygen atoms in total. The molecule has 0 aliphatic heterocycles. The van der Waals surface area contributed by atoms with Crippen molar-refractivity contribution in [2.45, 2.75) is 26.1 Å². The van der Waals surface area contributed by atoms with Crippen LogP contribution in [0.15, 0.2) is 16.7 Å². The van der Waals surface area contributed by atoms with Crippen LogP contribution in [0.3, 0.4) is 0 Å². The second kappa shape index (κ2) is 7.42. The standard InChI is InChI=1S/C6H4O5.C4H10O2/c7-5(8)3-1-2-11-4(3)6(9)10;1-2-3-4(5)6/h1-2H,(H,7,8)(H,9,10);4-6H,2-3H2,1H3. The summed E-state index contributed by atoms with van der Waals surface area (Å²) in [6, 6.07) is 1.09. The van der Waals surface area contributed by atoms with E-state index in [1.165, 1.54) is 0 Å². The molecule has 0 aliphatic carbocycles. The van der Waals surface area contributed by atoms with Crippen LogP contribution in [0.1, 0.15) is 40.7 Å². The van der Waals surface area contributed by atoms with Gasteiger partial charge in [-0.15, -0.1) is 0 Å². The molecule has 0 aliphatic rings. The summed E-state index contributed by atoms with van der Waals surface area (Å²) in [5.74, 6) is -3.24. The van der Waals surface area contributed by atoms with Gasteiger partial charge >= 0.3 is 11.9 Å². The van der Waals surface area contributed by atoms with Gasteiger partial charge in [-0.05, 0) is 12.5 Å². The average Bonchev–Trinajstić information content (AvgIpc) is 2.66. The number of furan rings is 1. The number of carbonyl (C=O) groups is 2. The monoisotopic (exact) mass is 246 g/mol. The maximum atomic E-state index is 10.3. The van der Waals surface area contributed by atoms with Crippen molar-refractivity contribution in [1.82, 2.24) is 0 Å². The van der Waals surface area contributed by atoms with Crippen LogP contribution < -0.4 is 0 Å². The zero-order chi connectivity index (χ0) is 13.4. The van der Waals surface area contributed by atoms with Crippen molar-refractivity contribution < 1.29 is 34.4 Å². The van der Waals surface area contributed by atoms with Crippen molar-refractivity contribution >= 4 is 11.9 Å². The molecule has 1 aromatic rings. The Hall–Kier alpha value is -1.86. The topological polar surface area (TPSA) is 128 Å². The number of aromatic carboxylic acids is 2. The second-order valence-corrected chi connectivity index (χ2v) is 3.04. The van der Waals surface area contributed by atoms with Crippen molar-refractivity contribution in [3.05, 3.63) is 23.7 Å². The molecule has 7 heteroatoms. The molecule has 1 rings (SSSR count). The summed E-state index contributed by atoms with van der Waals surface area (Å²) < 4.78 is 4.41. The van der Waals surface area contributed by atoms with Gasteiger partial charge in [0, 0.05) is 0 Å². The molecule has 0 atom stereocenters. The first-order valence-electron chi connectivity index (χ1n) is 4.80. The second-order valence-electron chi connectivity index (χ2n) is 3.04. The highest BCUT2D eigenvalue weighted by atomic mass is 16.5. The predicted octanol–water partition coefficient (Wildman–Crippen LogP) is 0.773. The molecule has 0 saturated carbocycles. The minimum Gasteiger partial charge on any atom is -0.478 e.